The third-order valence-corrected chi connectivity index (χ3v) is 4.53. The van der Waals surface area contributed by atoms with Gasteiger partial charge in [0.1, 0.15) is 0 Å². The minimum absolute atomic E-state index is 0.283. The molecule has 3 aromatic rings. The summed E-state index contributed by atoms with van der Waals surface area (Å²) in [4.78, 5) is 14.6. The van der Waals surface area contributed by atoms with E-state index < -0.39 is 0 Å². The zero-order valence-electron chi connectivity index (χ0n) is 15.9. The molecule has 0 aromatic heterocycles. The van der Waals surface area contributed by atoms with Gasteiger partial charge in [-0.2, -0.15) is 0 Å². The number of hydrogen-bond acceptors (Lipinski definition) is 3. The highest BCUT2D eigenvalue weighted by Gasteiger charge is 2.16. The van der Waals surface area contributed by atoms with Crippen molar-refractivity contribution in [1.82, 2.24) is 0 Å². The molecule has 0 saturated carbocycles. The Balaban J connectivity index is 2.05. The predicted molar refractivity (Wildman–Crippen MR) is 111 cm³/mol. The van der Waals surface area contributed by atoms with Crippen LogP contribution in [-0.2, 0) is 11.3 Å². The third kappa shape index (κ3) is 4.56. The number of anilines is 1. The molecule has 3 rings (SSSR count). The summed E-state index contributed by atoms with van der Waals surface area (Å²) >= 11 is 0. The quantitative estimate of drug-likeness (QED) is 0.518. The van der Waals surface area contributed by atoms with E-state index in [2.05, 4.69) is 48.2 Å². The number of carbonyl (C=O) groups excluding carboxylic acids is 1. The lowest BCUT2D eigenvalue weighted by Gasteiger charge is -2.26. The first-order valence-corrected chi connectivity index (χ1v) is 9.38. The van der Waals surface area contributed by atoms with Gasteiger partial charge in [-0.3, -0.25) is 0 Å². The van der Waals surface area contributed by atoms with Crippen LogP contribution in [0.5, 0.6) is 0 Å². The van der Waals surface area contributed by atoms with Crippen LogP contribution in [0.1, 0.15) is 29.8 Å². The first-order valence-electron chi connectivity index (χ1n) is 9.38. The van der Waals surface area contributed by atoms with Gasteiger partial charge in [0, 0.05) is 24.3 Å². The largest absolute Gasteiger partial charge is 0.462 e. The van der Waals surface area contributed by atoms with Crippen molar-refractivity contribution in [3.63, 3.8) is 0 Å². The van der Waals surface area contributed by atoms with Gasteiger partial charge in [-0.05, 0) is 37.1 Å². The van der Waals surface area contributed by atoms with E-state index in [1.807, 2.05) is 49.4 Å². The fourth-order valence-electron chi connectivity index (χ4n) is 3.17. The molecule has 0 spiro atoms. The van der Waals surface area contributed by atoms with Gasteiger partial charge < -0.3 is 9.64 Å². The molecule has 0 heterocycles. The Bertz CT molecular complexity index is 875. The van der Waals surface area contributed by atoms with Gasteiger partial charge >= 0.3 is 5.97 Å². The lowest BCUT2D eigenvalue weighted by molar-refractivity contribution is 0.0526. The number of ether oxygens (including phenoxy) is 1. The first-order chi connectivity index (χ1) is 13.2. The number of rotatable bonds is 7. The topological polar surface area (TPSA) is 29.5 Å². The van der Waals surface area contributed by atoms with Crippen molar-refractivity contribution in [2.45, 2.75) is 20.4 Å². The van der Waals surface area contributed by atoms with Crippen LogP contribution in [0, 0.1) is 0 Å². The molecule has 0 aliphatic carbocycles. The van der Waals surface area contributed by atoms with E-state index in [4.69, 9.17) is 4.74 Å². The average molecular weight is 359 g/mol. The smallest absolute Gasteiger partial charge is 0.338 e. The third-order valence-electron chi connectivity index (χ3n) is 4.53. The Morgan fingerprint density at radius 2 is 1.56 bits per heavy atom. The molecule has 0 saturated heterocycles. The molecule has 0 fully saturated rings. The van der Waals surface area contributed by atoms with Crippen LogP contribution in [0.4, 0.5) is 5.69 Å². The monoisotopic (exact) mass is 359 g/mol. The van der Waals surface area contributed by atoms with Crippen LogP contribution in [0.15, 0.2) is 78.9 Å². The van der Waals surface area contributed by atoms with Crippen LogP contribution < -0.4 is 4.90 Å². The lowest BCUT2D eigenvalue weighted by Crippen LogP contribution is -2.23. The van der Waals surface area contributed by atoms with Crippen molar-refractivity contribution >= 4 is 11.7 Å². The Morgan fingerprint density at radius 1 is 0.889 bits per heavy atom. The van der Waals surface area contributed by atoms with Crippen LogP contribution >= 0.6 is 0 Å². The van der Waals surface area contributed by atoms with E-state index >= 15 is 0 Å². The number of hydrogen-bond donors (Lipinski definition) is 0. The van der Waals surface area contributed by atoms with Crippen LogP contribution in [0.25, 0.3) is 11.1 Å². The second-order valence-corrected chi connectivity index (χ2v) is 6.32. The summed E-state index contributed by atoms with van der Waals surface area (Å²) in [6, 6.07) is 26.5. The molecule has 0 unspecified atom stereocenters. The van der Waals surface area contributed by atoms with Crippen molar-refractivity contribution in [2.75, 3.05) is 18.1 Å². The van der Waals surface area contributed by atoms with E-state index in [1.54, 1.807) is 0 Å². The highest BCUT2D eigenvalue weighted by atomic mass is 16.5. The van der Waals surface area contributed by atoms with Gasteiger partial charge in [-0.25, -0.2) is 4.79 Å². The van der Waals surface area contributed by atoms with Crippen LogP contribution in [0.3, 0.4) is 0 Å². The zero-order chi connectivity index (χ0) is 19.1. The Hall–Kier alpha value is -3.07. The van der Waals surface area contributed by atoms with Crippen molar-refractivity contribution in [1.29, 1.82) is 0 Å². The Kier molecular flexibility index (Phi) is 6.26. The Morgan fingerprint density at radius 3 is 2.19 bits per heavy atom. The molecule has 0 aliphatic heterocycles. The van der Waals surface area contributed by atoms with E-state index in [-0.39, 0.29) is 5.97 Å². The number of carbonyl (C=O) groups is 1. The summed E-state index contributed by atoms with van der Waals surface area (Å²) in [5.74, 6) is -0.283. The maximum absolute atomic E-state index is 12.3. The first kappa shape index (κ1) is 18.7. The van der Waals surface area contributed by atoms with Crippen molar-refractivity contribution in [2.24, 2.45) is 0 Å². The molecule has 0 atom stereocenters. The fourth-order valence-corrected chi connectivity index (χ4v) is 3.17. The lowest BCUT2D eigenvalue weighted by atomic mass is 10.00. The summed E-state index contributed by atoms with van der Waals surface area (Å²) in [6.45, 7) is 5.94. The number of benzene rings is 3. The summed E-state index contributed by atoms with van der Waals surface area (Å²) in [6.07, 6.45) is 0. The molecule has 3 heteroatoms. The van der Waals surface area contributed by atoms with Gasteiger partial charge in [-0.1, -0.05) is 66.7 Å². The molecule has 0 N–H and O–H groups in total. The summed E-state index contributed by atoms with van der Waals surface area (Å²) in [5.41, 5.74) is 5.10. The minimum Gasteiger partial charge on any atom is -0.462 e. The summed E-state index contributed by atoms with van der Waals surface area (Å²) in [5, 5.41) is 0. The predicted octanol–water partition coefficient (Wildman–Crippen LogP) is 5.56. The summed E-state index contributed by atoms with van der Waals surface area (Å²) < 4.78 is 5.20. The highest BCUT2D eigenvalue weighted by molar-refractivity contribution is 5.93. The van der Waals surface area contributed by atoms with Gasteiger partial charge in [0.25, 0.3) is 0 Å². The molecule has 0 amide bonds. The van der Waals surface area contributed by atoms with Gasteiger partial charge in [0.2, 0.25) is 0 Å². The van der Waals surface area contributed by atoms with Crippen molar-refractivity contribution < 1.29 is 9.53 Å². The SMILES string of the molecule is CCOC(=O)c1ccc(-c2ccccc2)c(N(CC)Cc2ccccc2)c1. The van der Waals surface area contributed by atoms with Crippen molar-refractivity contribution in [3.8, 4) is 11.1 Å². The maximum atomic E-state index is 12.3. The van der Waals surface area contributed by atoms with Gasteiger partial charge in [-0.15, -0.1) is 0 Å². The van der Waals surface area contributed by atoms with Crippen LogP contribution in [-0.4, -0.2) is 19.1 Å². The fraction of sp³-hybridized carbons (Fsp3) is 0.208. The van der Waals surface area contributed by atoms with Crippen molar-refractivity contribution in [3.05, 3.63) is 90.0 Å². The molecule has 3 nitrogen and oxygen atoms in total. The van der Waals surface area contributed by atoms with E-state index in [9.17, 15) is 4.79 Å². The average Bonchev–Trinajstić information content (AvgIpc) is 2.73. The van der Waals surface area contributed by atoms with E-state index in [1.165, 1.54) is 5.56 Å². The number of esters is 1. The van der Waals surface area contributed by atoms with E-state index in [0.29, 0.717) is 12.2 Å². The van der Waals surface area contributed by atoms with Gasteiger partial charge in [0.15, 0.2) is 0 Å². The molecule has 0 bridgehead atoms. The van der Waals surface area contributed by atoms with Gasteiger partial charge in [0.05, 0.1) is 12.2 Å². The minimum atomic E-state index is -0.283. The second kappa shape index (κ2) is 9.04. The molecule has 3 aromatic carbocycles. The maximum Gasteiger partial charge on any atom is 0.338 e. The normalized spacial score (nSPS) is 10.4. The standard InChI is InChI=1S/C24H25NO2/c1-3-25(18-19-11-7-5-8-12-19)23-17-21(24(26)27-4-2)15-16-22(23)20-13-9-6-10-14-20/h5-17H,3-4,18H2,1-2H3. The van der Waals surface area contributed by atoms with Crippen LogP contribution in [0.2, 0.25) is 0 Å². The zero-order valence-corrected chi connectivity index (χ0v) is 15.9. The highest BCUT2D eigenvalue weighted by Crippen LogP contribution is 2.33. The molecule has 27 heavy (non-hydrogen) atoms. The molecule has 138 valence electrons. The van der Waals surface area contributed by atoms with E-state index in [0.717, 1.165) is 29.9 Å². The molecule has 0 aliphatic rings. The molecular weight excluding hydrogens is 334 g/mol. The number of nitrogens with zero attached hydrogens (tertiary/aromatic N) is 1. The molecular formula is C24H25NO2. The molecule has 0 radical (unpaired) electrons. The summed E-state index contributed by atoms with van der Waals surface area (Å²) in [7, 11) is 0. The second-order valence-electron chi connectivity index (χ2n) is 6.32. The Labute approximate surface area is 161 Å².